The van der Waals surface area contributed by atoms with Crippen LogP contribution in [0, 0.1) is 0 Å². The Labute approximate surface area is 142 Å². The van der Waals surface area contributed by atoms with Crippen molar-refractivity contribution >= 4 is 5.91 Å². The van der Waals surface area contributed by atoms with Crippen LogP contribution < -0.4 is 10.1 Å². The lowest BCUT2D eigenvalue weighted by Gasteiger charge is -2.26. The second-order valence-corrected chi connectivity index (χ2v) is 6.90. The van der Waals surface area contributed by atoms with E-state index in [0.29, 0.717) is 0 Å². The average Bonchev–Trinajstić information content (AvgIpc) is 3.34. The van der Waals surface area contributed by atoms with Gasteiger partial charge in [0.15, 0.2) is 0 Å². The predicted octanol–water partition coefficient (Wildman–Crippen LogP) is 2.65. The Bertz CT molecular complexity index is 777. The zero-order chi connectivity index (χ0) is 16.7. The van der Waals surface area contributed by atoms with Gasteiger partial charge < -0.3 is 10.1 Å². The maximum atomic E-state index is 13.0. The van der Waals surface area contributed by atoms with Crippen molar-refractivity contribution in [2.75, 3.05) is 7.11 Å². The Balaban J connectivity index is 1.56. The summed E-state index contributed by atoms with van der Waals surface area (Å²) in [5.41, 5.74) is 3.10. The molecule has 1 N–H and O–H groups in total. The fourth-order valence-corrected chi connectivity index (χ4v) is 3.85. The molecule has 0 bridgehead atoms. The zero-order valence-electron chi connectivity index (χ0n) is 14.2. The molecule has 2 aliphatic rings. The number of methoxy groups -OCH3 is 1. The Kier molecular flexibility index (Phi) is 3.59. The van der Waals surface area contributed by atoms with Gasteiger partial charge in [0.2, 0.25) is 5.91 Å². The molecule has 2 aliphatic carbocycles. The van der Waals surface area contributed by atoms with Crippen LogP contribution in [0.15, 0.2) is 30.5 Å². The number of aryl methyl sites for hydroxylation is 1. The van der Waals surface area contributed by atoms with Gasteiger partial charge in [-0.2, -0.15) is 5.10 Å². The molecule has 2 aromatic rings. The van der Waals surface area contributed by atoms with E-state index in [1.807, 2.05) is 42.2 Å². The molecule has 1 aromatic carbocycles. The van der Waals surface area contributed by atoms with E-state index >= 15 is 0 Å². The number of amides is 1. The summed E-state index contributed by atoms with van der Waals surface area (Å²) in [6.45, 7) is 0. The van der Waals surface area contributed by atoms with Crippen molar-refractivity contribution in [1.29, 1.82) is 0 Å². The van der Waals surface area contributed by atoms with Gasteiger partial charge in [0, 0.05) is 18.3 Å². The lowest BCUT2D eigenvalue weighted by molar-refractivity contribution is -0.124. The quantitative estimate of drug-likeness (QED) is 0.940. The molecular formula is C19H23N3O2. The summed E-state index contributed by atoms with van der Waals surface area (Å²) >= 11 is 0. The molecule has 5 heteroatoms. The number of fused-ring (bicyclic) bond motifs is 1. The molecule has 1 fully saturated rings. The van der Waals surface area contributed by atoms with Gasteiger partial charge in [0.1, 0.15) is 5.75 Å². The van der Waals surface area contributed by atoms with Gasteiger partial charge in [-0.05, 0) is 49.8 Å². The third-order valence-electron chi connectivity index (χ3n) is 5.49. The molecule has 0 aliphatic heterocycles. The standard InChI is InChI=1S/C19H23N3O2/c1-22-17-8-4-7-16(15(17)12-20-22)21-18(23)19(9-10-19)13-5-3-6-14(11-13)24-2/h3,5-6,11-12,16H,4,7-10H2,1-2H3,(H,21,23). The van der Waals surface area contributed by atoms with E-state index in [2.05, 4.69) is 10.4 Å². The molecule has 5 nitrogen and oxygen atoms in total. The lowest BCUT2D eigenvalue weighted by Crippen LogP contribution is -2.38. The van der Waals surface area contributed by atoms with Crippen molar-refractivity contribution in [2.45, 2.75) is 43.6 Å². The number of nitrogens with zero attached hydrogens (tertiary/aromatic N) is 2. The molecule has 4 rings (SSSR count). The van der Waals surface area contributed by atoms with Gasteiger partial charge >= 0.3 is 0 Å². The molecule has 24 heavy (non-hydrogen) atoms. The molecule has 1 heterocycles. The summed E-state index contributed by atoms with van der Waals surface area (Å²) in [7, 11) is 3.63. The van der Waals surface area contributed by atoms with Crippen molar-refractivity contribution in [3.05, 3.63) is 47.3 Å². The largest absolute Gasteiger partial charge is 0.497 e. The minimum atomic E-state index is -0.381. The first-order chi connectivity index (χ1) is 11.6. The van der Waals surface area contributed by atoms with Crippen LogP contribution >= 0.6 is 0 Å². The smallest absolute Gasteiger partial charge is 0.231 e. The zero-order valence-corrected chi connectivity index (χ0v) is 14.2. The summed E-state index contributed by atoms with van der Waals surface area (Å²) in [5.74, 6) is 0.941. The van der Waals surface area contributed by atoms with E-state index in [4.69, 9.17) is 4.74 Å². The van der Waals surface area contributed by atoms with Crippen LogP contribution in [0.4, 0.5) is 0 Å². The number of carbonyl (C=O) groups excluding carboxylic acids is 1. The average molecular weight is 325 g/mol. The number of ether oxygens (including phenoxy) is 1. The maximum absolute atomic E-state index is 13.0. The number of nitrogens with one attached hydrogen (secondary N) is 1. The van der Waals surface area contributed by atoms with E-state index in [9.17, 15) is 4.79 Å². The van der Waals surface area contributed by atoms with E-state index < -0.39 is 0 Å². The van der Waals surface area contributed by atoms with Gasteiger partial charge in [-0.3, -0.25) is 9.48 Å². The Morgan fingerprint density at radius 3 is 3.00 bits per heavy atom. The number of benzene rings is 1. The van der Waals surface area contributed by atoms with E-state index in [-0.39, 0.29) is 17.4 Å². The molecule has 126 valence electrons. The molecule has 1 atom stereocenters. The summed E-state index contributed by atoms with van der Waals surface area (Å²) < 4.78 is 7.25. The SMILES string of the molecule is COc1cccc(C2(C(=O)NC3CCCc4c3cnn4C)CC2)c1. The number of hydrogen-bond donors (Lipinski definition) is 1. The third-order valence-corrected chi connectivity index (χ3v) is 5.49. The Morgan fingerprint density at radius 2 is 2.25 bits per heavy atom. The van der Waals surface area contributed by atoms with Gasteiger partial charge in [0.05, 0.1) is 24.8 Å². The highest BCUT2D eigenvalue weighted by Crippen LogP contribution is 2.49. The van der Waals surface area contributed by atoms with Crippen LogP contribution in [-0.2, 0) is 23.7 Å². The van der Waals surface area contributed by atoms with E-state index in [0.717, 1.165) is 43.4 Å². The van der Waals surface area contributed by atoms with Crippen molar-refractivity contribution in [3.63, 3.8) is 0 Å². The molecule has 0 saturated heterocycles. The highest BCUT2D eigenvalue weighted by molar-refractivity contribution is 5.91. The van der Waals surface area contributed by atoms with Crippen molar-refractivity contribution in [3.8, 4) is 5.75 Å². The van der Waals surface area contributed by atoms with Crippen molar-refractivity contribution in [1.82, 2.24) is 15.1 Å². The van der Waals surface area contributed by atoms with Gasteiger partial charge in [-0.15, -0.1) is 0 Å². The molecule has 1 unspecified atom stereocenters. The van der Waals surface area contributed by atoms with Crippen LogP contribution in [0.3, 0.4) is 0 Å². The predicted molar refractivity (Wildman–Crippen MR) is 90.9 cm³/mol. The number of hydrogen-bond acceptors (Lipinski definition) is 3. The minimum absolute atomic E-state index is 0.0815. The minimum Gasteiger partial charge on any atom is -0.497 e. The Morgan fingerprint density at radius 1 is 1.42 bits per heavy atom. The maximum Gasteiger partial charge on any atom is 0.231 e. The topological polar surface area (TPSA) is 56.1 Å². The highest BCUT2D eigenvalue weighted by Gasteiger charge is 2.52. The van der Waals surface area contributed by atoms with Gasteiger partial charge in [0.25, 0.3) is 0 Å². The molecule has 1 aromatic heterocycles. The summed E-state index contributed by atoms with van der Waals surface area (Å²) in [6, 6.07) is 7.98. The second-order valence-electron chi connectivity index (χ2n) is 6.90. The summed E-state index contributed by atoms with van der Waals surface area (Å²) in [5, 5.41) is 7.66. The monoisotopic (exact) mass is 325 g/mol. The lowest BCUT2D eigenvalue weighted by atomic mass is 9.90. The first-order valence-electron chi connectivity index (χ1n) is 8.60. The first kappa shape index (κ1) is 15.2. The van der Waals surface area contributed by atoms with Crippen LogP contribution in [0.25, 0.3) is 0 Å². The van der Waals surface area contributed by atoms with Crippen LogP contribution in [0.1, 0.15) is 48.5 Å². The van der Waals surface area contributed by atoms with Gasteiger partial charge in [-0.1, -0.05) is 12.1 Å². The highest BCUT2D eigenvalue weighted by atomic mass is 16.5. The molecule has 0 spiro atoms. The first-order valence-corrected chi connectivity index (χ1v) is 8.60. The fraction of sp³-hybridized carbons (Fsp3) is 0.474. The van der Waals surface area contributed by atoms with Crippen LogP contribution in [0.2, 0.25) is 0 Å². The van der Waals surface area contributed by atoms with Crippen molar-refractivity contribution in [2.24, 2.45) is 7.05 Å². The number of carbonyl (C=O) groups is 1. The second kappa shape index (κ2) is 5.65. The van der Waals surface area contributed by atoms with Crippen LogP contribution in [-0.4, -0.2) is 22.8 Å². The fourth-order valence-electron chi connectivity index (χ4n) is 3.85. The molecular weight excluding hydrogens is 302 g/mol. The normalized spacial score (nSPS) is 21.0. The van der Waals surface area contributed by atoms with Crippen LogP contribution in [0.5, 0.6) is 5.75 Å². The molecule has 0 radical (unpaired) electrons. The summed E-state index contributed by atoms with van der Waals surface area (Å²) in [4.78, 5) is 13.0. The van der Waals surface area contributed by atoms with E-state index in [1.54, 1.807) is 7.11 Å². The molecule has 1 amide bonds. The molecule has 1 saturated carbocycles. The number of rotatable bonds is 4. The van der Waals surface area contributed by atoms with E-state index in [1.165, 1.54) is 11.3 Å². The number of aromatic nitrogens is 2. The third kappa shape index (κ3) is 2.39. The van der Waals surface area contributed by atoms with Gasteiger partial charge in [-0.25, -0.2) is 0 Å². The summed E-state index contributed by atoms with van der Waals surface area (Å²) in [6.07, 6.45) is 6.82. The Hall–Kier alpha value is -2.30. The van der Waals surface area contributed by atoms with Crippen molar-refractivity contribution < 1.29 is 9.53 Å².